The average Bonchev–Trinajstić information content (AvgIpc) is 3.00. The van der Waals surface area contributed by atoms with E-state index in [1.54, 1.807) is 37.6 Å². The lowest BCUT2D eigenvalue weighted by Crippen LogP contribution is -2.02. The molecule has 0 saturated heterocycles. The summed E-state index contributed by atoms with van der Waals surface area (Å²) in [6.07, 6.45) is 3.26. The SMILES string of the molecule is COc1cc2c(Nc3ccc(OCc4ncccc4C)cc3Cl)c(C#N)cnc2cc1OCc1ccc(CN)cc1. The van der Waals surface area contributed by atoms with Gasteiger partial charge in [-0.25, -0.2) is 0 Å². The molecule has 41 heavy (non-hydrogen) atoms. The van der Waals surface area contributed by atoms with Crippen LogP contribution in [0.5, 0.6) is 17.2 Å². The number of hydrogen-bond acceptors (Lipinski definition) is 8. The van der Waals surface area contributed by atoms with Crippen molar-refractivity contribution >= 4 is 33.9 Å². The first kappa shape index (κ1) is 27.7. The van der Waals surface area contributed by atoms with Gasteiger partial charge in [-0.15, -0.1) is 0 Å². The van der Waals surface area contributed by atoms with Gasteiger partial charge in [-0.2, -0.15) is 5.26 Å². The fourth-order valence-corrected chi connectivity index (χ4v) is 4.49. The molecule has 2 heterocycles. The number of nitrogens with zero attached hydrogens (tertiary/aromatic N) is 3. The molecule has 0 atom stereocenters. The van der Waals surface area contributed by atoms with E-state index >= 15 is 0 Å². The second kappa shape index (κ2) is 12.6. The molecule has 0 amide bonds. The Morgan fingerprint density at radius 2 is 1.76 bits per heavy atom. The van der Waals surface area contributed by atoms with Crippen LogP contribution in [0.25, 0.3) is 10.9 Å². The average molecular weight is 566 g/mol. The van der Waals surface area contributed by atoms with E-state index in [9.17, 15) is 5.26 Å². The largest absolute Gasteiger partial charge is 0.493 e. The highest BCUT2D eigenvalue weighted by Crippen LogP contribution is 2.39. The molecular formula is C32H28ClN5O3. The summed E-state index contributed by atoms with van der Waals surface area (Å²) in [5.41, 5.74) is 11.8. The van der Waals surface area contributed by atoms with Gasteiger partial charge in [-0.05, 0) is 47.9 Å². The number of aromatic nitrogens is 2. The maximum absolute atomic E-state index is 9.85. The molecule has 0 spiro atoms. The second-order valence-electron chi connectivity index (χ2n) is 9.31. The third-order valence-electron chi connectivity index (χ3n) is 6.62. The van der Waals surface area contributed by atoms with Gasteiger partial charge >= 0.3 is 0 Å². The highest BCUT2D eigenvalue weighted by Gasteiger charge is 2.16. The summed E-state index contributed by atoms with van der Waals surface area (Å²) < 4.78 is 17.6. The van der Waals surface area contributed by atoms with Crippen LogP contribution in [-0.4, -0.2) is 17.1 Å². The third kappa shape index (κ3) is 6.33. The molecule has 5 aromatic rings. The molecule has 5 rings (SSSR count). The number of aryl methyl sites for hydroxylation is 1. The van der Waals surface area contributed by atoms with Gasteiger partial charge in [0, 0.05) is 36.5 Å². The molecule has 2 aromatic heterocycles. The summed E-state index contributed by atoms with van der Waals surface area (Å²) in [7, 11) is 1.57. The fourth-order valence-electron chi connectivity index (χ4n) is 4.27. The Morgan fingerprint density at radius 1 is 0.951 bits per heavy atom. The molecule has 0 unspecified atom stereocenters. The van der Waals surface area contributed by atoms with Crippen LogP contribution >= 0.6 is 11.6 Å². The van der Waals surface area contributed by atoms with Crippen molar-refractivity contribution in [2.45, 2.75) is 26.7 Å². The molecule has 0 aliphatic heterocycles. The number of nitrogens with two attached hydrogens (primary N) is 1. The molecule has 0 saturated carbocycles. The van der Waals surface area contributed by atoms with Crippen molar-refractivity contribution in [2.24, 2.45) is 5.73 Å². The number of methoxy groups -OCH3 is 1. The second-order valence-corrected chi connectivity index (χ2v) is 9.72. The molecule has 206 valence electrons. The highest BCUT2D eigenvalue weighted by atomic mass is 35.5. The number of ether oxygens (including phenoxy) is 3. The van der Waals surface area contributed by atoms with Gasteiger partial charge in [0.05, 0.1) is 40.3 Å². The molecule has 0 radical (unpaired) electrons. The Balaban J connectivity index is 1.40. The van der Waals surface area contributed by atoms with Crippen molar-refractivity contribution in [2.75, 3.05) is 12.4 Å². The van der Waals surface area contributed by atoms with Crippen molar-refractivity contribution in [3.63, 3.8) is 0 Å². The molecule has 9 heteroatoms. The van der Waals surface area contributed by atoms with Crippen LogP contribution in [0.1, 0.15) is 27.9 Å². The van der Waals surface area contributed by atoms with Gasteiger partial charge in [0.15, 0.2) is 11.5 Å². The number of hydrogen-bond donors (Lipinski definition) is 2. The maximum atomic E-state index is 9.85. The van der Waals surface area contributed by atoms with Gasteiger partial charge in [-0.3, -0.25) is 9.97 Å². The first-order valence-corrected chi connectivity index (χ1v) is 13.3. The van der Waals surface area contributed by atoms with E-state index in [0.717, 1.165) is 22.4 Å². The predicted molar refractivity (Wildman–Crippen MR) is 160 cm³/mol. The topological polar surface area (TPSA) is 115 Å². The summed E-state index contributed by atoms with van der Waals surface area (Å²) >= 11 is 6.63. The van der Waals surface area contributed by atoms with Gasteiger partial charge in [0.1, 0.15) is 25.0 Å². The minimum Gasteiger partial charge on any atom is -0.493 e. The number of rotatable bonds is 10. The van der Waals surface area contributed by atoms with E-state index in [1.165, 1.54) is 6.20 Å². The van der Waals surface area contributed by atoms with Crippen LogP contribution in [0.3, 0.4) is 0 Å². The quantitative estimate of drug-likeness (QED) is 0.189. The van der Waals surface area contributed by atoms with Gasteiger partial charge in [0.25, 0.3) is 0 Å². The lowest BCUT2D eigenvalue weighted by molar-refractivity contribution is 0.285. The normalized spacial score (nSPS) is 10.7. The zero-order valence-electron chi connectivity index (χ0n) is 22.6. The molecule has 0 fully saturated rings. The Morgan fingerprint density at radius 3 is 2.46 bits per heavy atom. The van der Waals surface area contributed by atoms with Crippen LogP contribution in [0.2, 0.25) is 5.02 Å². The molecule has 3 aromatic carbocycles. The van der Waals surface area contributed by atoms with Crippen molar-refractivity contribution < 1.29 is 14.2 Å². The number of fused-ring (bicyclic) bond motifs is 1. The summed E-state index contributed by atoms with van der Waals surface area (Å²) in [6.45, 7) is 3.15. The fraction of sp³-hybridized carbons (Fsp3) is 0.156. The zero-order valence-corrected chi connectivity index (χ0v) is 23.4. The molecule has 0 bridgehead atoms. The number of anilines is 2. The Labute approximate surface area is 243 Å². The van der Waals surface area contributed by atoms with Gasteiger partial charge < -0.3 is 25.3 Å². The third-order valence-corrected chi connectivity index (χ3v) is 6.93. The Hall–Kier alpha value is -4.84. The maximum Gasteiger partial charge on any atom is 0.163 e. The molecular weight excluding hydrogens is 538 g/mol. The predicted octanol–water partition coefficient (Wildman–Crippen LogP) is 6.83. The van der Waals surface area contributed by atoms with Crippen molar-refractivity contribution in [1.82, 2.24) is 9.97 Å². The standard InChI is InChI=1S/C32H28ClN5O3/c1-20-4-3-11-36-29(20)19-40-24-9-10-27(26(33)12-24)38-32-23(16-35)17-37-28-14-31(30(39-2)13-25(28)32)41-18-22-7-5-21(15-34)6-8-22/h3-14,17H,15,18-19,34H2,1-2H3,(H,37,38). The lowest BCUT2D eigenvalue weighted by Gasteiger charge is -2.16. The van der Waals surface area contributed by atoms with E-state index < -0.39 is 0 Å². The summed E-state index contributed by atoms with van der Waals surface area (Å²) in [6, 6.07) is 23.0. The van der Waals surface area contributed by atoms with E-state index in [-0.39, 0.29) is 0 Å². The number of halogens is 1. The van der Waals surface area contributed by atoms with Crippen LogP contribution in [0.15, 0.2) is 79.1 Å². The van der Waals surface area contributed by atoms with Crippen LogP contribution in [0.4, 0.5) is 11.4 Å². The van der Waals surface area contributed by atoms with Gasteiger partial charge in [0.2, 0.25) is 0 Å². The Kier molecular flexibility index (Phi) is 8.49. The first-order chi connectivity index (χ1) is 20.0. The van der Waals surface area contributed by atoms with Crippen molar-refractivity contribution in [3.05, 3.63) is 112 Å². The van der Waals surface area contributed by atoms with Crippen LogP contribution in [0, 0.1) is 18.3 Å². The minimum atomic E-state index is 0.326. The molecule has 3 N–H and O–H groups in total. The van der Waals surface area contributed by atoms with Crippen LogP contribution in [-0.2, 0) is 19.8 Å². The van der Waals surface area contributed by atoms with Crippen LogP contribution < -0.4 is 25.3 Å². The number of nitriles is 1. The summed E-state index contributed by atoms with van der Waals surface area (Å²) in [4.78, 5) is 8.85. The smallest absolute Gasteiger partial charge is 0.163 e. The number of nitrogens with one attached hydrogen (secondary N) is 1. The van der Waals surface area contributed by atoms with Crippen molar-refractivity contribution in [1.29, 1.82) is 5.26 Å². The lowest BCUT2D eigenvalue weighted by atomic mass is 10.1. The summed E-state index contributed by atoms with van der Waals surface area (Å²) in [5.74, 6) is 1.65. The van der Waals surface area contributed by atoms with E-state index in [1.807, 2.05) is 49.4 Å². The number of benzene rings is 3. The van der Waals surface area contributed by atoms with E-state index in [2.05, 4.69) is 21.4 Å². The molecule has 0 aliphatic rings. The highest BCUT2D eigenvalue weighted by molar-refractivity contribution is 6.33. The Bertz CT molecular complexity index is 1740. The van der Waals surface area contributed by atoms with E-state index in [4.69, 9.17) is 31.5 Å². The zero-order chi connectivity index (χ0) is 28.8. The monoisotopic (exact) mass is 565 g/mol. The van der Waals surface area contributed by atoms with Gasteiger partial charge in [-0.1, -0.05) is 41.9 Å². The number of pyridine rings is 2. The summed E-state index contributed by atoms with van der Waals surface area (Å²) in [5, 5.41) is 14.3. The first-order valence-electron chi connectivity index (χ1n) is 12.9. The van der Waals surface area contributed by atoms with E-state index in [0.29, 0.717) is 69.9 Å². The molecule has 8 nitrogen and oxygen atoms in total. The molecule has 0 aliphatic carbocycles. The minimum absolute atomic E-state index is 0.326. The van der Waals surface area contributed by atoms with Crippen molar-refractivity contribution in [3.8, 4) is 23.3 Å².